The number of hydrogen-bond donors (Lipinski definition) is 3. The lowest BCUT2D eigenvalue weighted by molar-refractivity contribution is 0.238. The summed E-state index contributed by atoms with van der Waals surface area (Å²) in [6.45, 7) is 6.26. The molecule has 0 spiro atoms. The molecular weight excluding hydrogens is 254 g/mol. The number of methoxy groups -OCH3 is 1. The van der Waals surface area contributed by atoms with E-state index in [1.165, 1.54) is 0 Å². The minimum Gasteiger partial charge on any atom is -0.497 e. The summed E-state index contributed by atoms with van der Waals surface area (Å²) in [7, 11) is 1.66. The van der Waals surface area contributed by atoms with Gasteiger partial charge in [-0.1, -0.05) is 19.1 Å². The number of nitrogens with zero attached hydrogens (tertiary/aromatic N) is 1. The Bertz CT molecular complexity index is 421. The normalized spacial score (nSPS) is 12.9. The van der Waals surface area contributed by atoms with Crippen molar-refractivity contribution >= 4 is 5.96 Å². The Hall–Kier alpha value is -1.75. The standard InChI is InChI=1S/C15H25N3O2/c1-4-16-15(17-9-12(2)11-19)18-10-13-6-5-7-14(8-13)20-3/h5-8,12,19H,4,9-11H2,1-3H3,(H2,16,17,18). The van der Waals surface area contributed by atoms with Gasteiger partial charge in [-0.25, -0.2) is 4.99 Å². The van der Waals surface area contributed by atoms with Gasteiger partial charge in [-0.05, 0) is 30.5 Å². The second kappa shape index (κ2) is 9.20. The molecule has 1 rings (SSSR count). The van der Waals surface area contributed by atoms with Gasteiger partial charge in [0.2, 0.25) is 0 Å². The third-order valence-electron chi connectivity index (χ3n) is 2.83. The van der Waals surface area contributed by atoms with Crippen molar-refractivity contribution in [3.05, 3.63) is 29.8 Å². The minimum atomic E-state index is 0.169. The number of benzene rings is 1. The molecule has 1 aromatic carbocycles. The average Bonchev–Trinajstić information content (AvgIpc) is 2.49. The molecule has 0 fully saturated rings. The second-order valence-electron chi connectivity index (χ2n) is 4.72. The molecule has 3 N–H and O–H groups in total. The van der Waals surface area contributed by atoms with Gasteiger partial charge in [0.15, 0.2) is 5.96 Å². The molecule has 1 unspecified atom stereocenters. The summed E-state index contributed by atoms with van der Waals surface area (Å²) in [5, 5.41) is 15.4. The van der Waals surface area contributed by atoms with Crippen LogP contribution in [0.5, 0.6) is 5.75 Å². The van der Waals surface area contributed by atoms with E-state index >= 15 is 0 Å². The third-order valence-corrected chi connectivity index (χ3v) is 2.83. The summed E-state index contributed by atoms with van der Waals surface area (Å²) in [4.78, 5) is 4.52. The molecule has 1 aromatic rings. The van der Waals surface area contributed by atoms with E-state index in [9.17, 15) is 0 Å². The van der Waals surface area contributed by atoms with Crippen LogP contribution >= 0.6 is 0 Å². The van der Waals surface area contributed by atoms with Crippen molar-refractivity contribution in [2.24, 2.45) is 10.9 Å². The van der Waals surface area contributed by atoms with Crippen LogP contribution in [-0.2, 0) is 6.54 Å². The zero-order chi connectivity index (χ0) is 14.8. The smallest absolute Gasteiger partial charge is 0.191 e. The van der Waals surface area contributed by atoms with Crippen LogP contribution < -0.4 is 15.4 Å². The number of guanidine groups is 1. The van der Waals surface area contributed by atoms with Crippen molar-refractivity contribution in [3.63, 3.8) is 0 Å². The van der Waals surface area contributed by atoms with Crippen LogP contribution in [0.2, 0.25) is 0 Å². The molecule has 112 valence electrons. The number of rotatable bonds is 7. The first-order valence-electron chi connectivity index (χ1n) is 6.95. The topological polar surface area (TPSA) is 65.9 Å². The van der Waals surface area contributed by atoms with Gasteiger partial charge in [0, 0.05) is 19.7 Å². The average molecular weight is 279 g/mol. The Morgan fingerprint density at radius 3 is 2.85 bits per heavy atom. The van der Waals surface area contributed by atoms with E-state index in [-0.39, 0.29) is 12.5 Å². The van der Waals surface area contributed by atoms with Crippen LogP contribution in [0.25, 0.3) is 0 Å². The van der Waals surface area contributed by atoms with Crippen LogP contribution in [0.3, 0.4) is 0 Å². The first kappa shape index (κ1) is 16.3. The summed E-state index contributed by atoms with van der Waals surface area (Å²) < 4.78 is 5.20. The van der Waals surface area contributed by atoms with Gasteiger partial charge in [0.05, 0.1) is 13.7 Å². The van der Waals surface area contributed by atoms with Gasteiger partial charge >= 0.3 is 0 Å². The zero-order valence-corrected chi connectivity index (χ0v) is 12.5. The molecule has 0 aliphatic heterocycles. The number of aliphatic hydroxyl groups is 1. The van der Waals surface area contributed by atoms with E-state index in [1.807, 2.05) is 38.1 Å². The van der Waals surface area contributed by atoms with Crippen LogP contribution in [0.1, 0.15) is 19.4 Å². The number of ether oxygens (including phenoxy) is 1. The summed E-state index contributed by atoms with van der Waals surface area (Å²) in [6, 6.07) is 7.87. The number of aliphatic imine (C=N–C) groups is 1. The fourth-order valence-electron chi connectivity index (χ4n) is 1.62. The molecule has 5 nitrogen and oxygen atoms in total. The molecule has 5 heteroatoms. The van der Waals surface area contributed by atoms with E-state index in [2.05, 4.69) is 15.6 Å². The highest BCUT2D eigenvalue weighted by Gasteiger charge is 2.02. The lowest BCUT2D eigenvalue weighted by atomic mass is 10.2. The van der Waals surface area contributed by atoms with E-state index in [1.54, 1.807) is 7.11 Å². The summed E-state index contributed by atoms with van der Waals surface area (Å²) in [5.74, 6) is 1.80. The van der Waals surface area contributed by atoms with Crippen LogP contribution in [0.15, 0.2) is 29.3 Å². The minimum absolute atomic E-state index is 0.169. The Kier molecular flexibility index (Phi) is 7.50. The maximum absolute atomic E-state index is 9.03. The van der Waals surface area contributed by atoms with Crippen molar-refractivity contribution in [1.82, 2.24) is 10.6 Å². The summed E-state index contributed by atoms with van der Waals surface area (Å²) in [5.41, 5.74) is 1.09. The lowest BCUT2D eigenvalue weighted by Gasteiger charge is -2.14. The molecule has 0 aromatic heterocycles. The van der Waals surface area contributed by atoms with Crippen molar-refractivity contribution in [1.29, 1.82) is 0 Å². The first-order chi connectivity index (χ1) is 9.69. The molecule has 0 aliphatic carbocycles. The third kappa shape index (κ3) is 5.93. The quantitative estimate of drug-likeness (QED) is 0.521. The van der Waals surface area contributed by atoms with E-state index in [4.69, 9.17) is 9.84 Å². The number of aliphatic hydroxyl groups excluding tert-OH is 1. The van der Waals surface area contributed by atoms with Crippen molar-refractivity contribution < 1.29 is 9.84 Å². The molecule has 1 atom stereocenters. The van der Waals surface area contributed by atoms with Crippen molar-refractivity contribution in [2.45, 2.75) is 20.4 Å². The van der Waals surface area contributed by atoms with E-state index < -0.39 is 0 Å². The Balaban J connectivity index is 2.60. The van der Waals surface area contributed by atoms with Gasteiger partial charge in [0.1, 0.15) is 5.75 Å². The van der Waals surface area contributed by atoms with Crippen molar-refractivity contribution in [2.75, 3.05) is 26.8 Å². The zero-order valence-electron chi connectivity index (χ0n) is 12.5. The summed E-state index contributed by atoms with van der Waals surface area (Å²) >= 11 is 0. The van der Waals surface area contributed by atoms with Gasteiger partial charge in [-0.15, -0.1) is 0 Å². The van der Waals surface area contributed by atoms with E-state index in [0.29, 0.717) is 13.1 Å². The monoisotopic (exact) mass is 279 g/mol. The molecule has 0 heterocycles. The van der Waals surface area contributed by atoms with Crippen LogP contribution in [0.4, 0.5) is 0 Å². The Morgan fingerprint density at radius 2 is 2.20 bits per heavy atom. The SMILES string of the molecule is CCNC(=NCc1cccc(OC)c1)NCC(C)CO. The molecule has 0 amide bonds. The maximum Gasteiger partial charge on any atom is 0.191 e. The summed E-state index contributed by atoms with van der Waals surface area (Å²) in [6.07, 6.45) is 0. The van der Waals surface area contributed by atoms with Gasteiger partial charge in [0.25, 0.3) is 0 Å². The predicted octanol–water partition coefficient (Wildman–Crippen LogP) is 1.38. The predicted molar refractivity (Wildman–Crippen MR) is 82.1 cm³/mol. The Morgan fingerprint density at radius 1 is 1.40 bits per heavy atom. The number of hydrogen-bond acceptors (Lipinski definition) is 3. The largest absolute Gasteiger partial charge is 0.497 e. The Labute approximate surface area is 121 Å². The van der Waals surface area contributed by atoms with Crippen molar-refractivity contribution in [3.8, 4) is 5.75 Å². The second-order valence-corrected chi connectivity index (χ2v) is 4.72. The fraction of sp³-hybridized carbons (Fsp3) is 0.533. The molecule has 0 saturated carbocycles. The highest BCUT2D eigenvalue weighted by Crippen LogP contribution is 2.13. The molecule has 0 radical (unpaired) electrons. The van der Waals surface area contributed by atoms with E-state index in [0.717, 1.165) is 23.8 Å². The number of nitrogens with one attached hydrogen (secondary N) is 2. The molecule has 0 saturated heterocycles. The first-order valence-corrected chi connectivity index (χ1v) is 6.95. The molecular formula is C15H25N3O2. The maximum atomic E-state index is 9.03. The van der Waals surface area contributed by atoms with Gasteiger partial charge in [-0.2, -0.15) is 0 Å². The lowest BCUT2D eigenvalue weighted by Crippen LogP contribution is -2.39. The highest BCUT2D eigenvalue weighted by molar-refractivity contribution is 5.79. The highest BCUT2D eigenvalue weighted by atomic mass is 16.5. The van der Waals surface area contributed by atoms with Crippen LogP contribution in [0, 0.1) is 5.92 Å². The van der Waals surface area contributed by atoms with Gasteiger partial charge < -0.3 is 20.5 Å². The molecule has 0 aliphatic rings. The molecule has 20 heavy (non-hydrogen) atoms. The van der Waals surface area contributed by atoms with Gasteiger partial charge in [-0.3, -0.25) is 0 Å². The fourth-order valence-corrected chi connectivity index (χ4v) is 1.62. The van der Waals surface area contributed by atoms with Crippen LogP contribution in [-0.4, -0.2) is 37.9 Å². The molecule has 0 bridgehead atoms.